The number of hydrogen-bond acceptors (Lipinski definition) is 6. The number of nitrogens with one attached hydrogen (secondary N) is 1. The summed E-state index contributed by atoms with van der Waals surface area (Å²) in [6, 6.07) is 34.3. The third kappa shape index (κ3) is 5.09. The van der Waals surface area contributed by atoms with Gasteiger partial charge in [0.1, 0.15) is 5.75 Å². The molecule has 0 amide bonds. The van der Waals surface area contributed by atoms with Crippen LogP contribution in [-0.4, -0.2) is 29.2 Å². The van der Waals surface area contributed by atoms with Crippen molar-refractivity contribution in [3.05, 3.63) is 151 Å². The van der Waals surface area contributed by atoms with Crippen LogP contribution in [-0.2, 0) is 9.53 Å². The first-order chi connectivity index (χ1) is 22.1. The van der Waals surface area contributed by atoms with Crippen molar-refractivity contribution in [2.24, 2.45) is 4.99 Å². The molecule has 0 spiro atoms. The van der Waals surface area contributed by atoms with Gasteiger partial charge in [0.2, 0.25) is 0 Å². The van der Waals surface area contributed by atoms with Crippen LogP contribution in [0.15, 0.2) is 125 Å². The Morgan fingerprint density at radius 1 is 0.911 bits per heavy atom. The van der Waals surface area contributed by atoms with E-state index in [1.165, 1.54) is 11.3 Å². The molecule has 0 saturated carbocycles. The lowest BCUT2D eigenvalue weighted by Crippen LogP contribution is -2.40. The molecular weight excluding hydrogens is 582 g/mol. The Morgan fingerprint density at radius 2 is 1.58 bits per heavy atom. The summed E-state index contributed by atoms with van der Waals surface area (Å²) in [7, 11) is 1.60. The SMILES string of the molecule is CCOC(=O)C1=C(c2ccccc2)N=c2s/c(=C/c3c(-c4ccccc4)[nH]c4ccccc34)c(=O)n2[C@@H]1c1ccc(OC)cc1. The molecule has 8 heteroatoms. The van der Waals surface area contributed by atoms with Gasteiger partial charge in [0.05, 0.1) is 41.3 Å². The molecule has 4 aromatic carbocycles. The van der Waals surface area contributed by atoms with Gasteiger partial charge in [-0.15, -0.1) is 0 Å². The minimum absolute atomic E-state index is 0.187. The third-order valence-corrected chi connectivity index (χ3v) is 8.87. The number of aromatic nitrogens is 2. The first kappa shape index (κ1) is 28.3. The Morgan fingerprint density at radius 3 is 2.27 bits per heavy atom. The molecule has 1 N–H and O–H groups in total. The van der Waals surface area contributed by atoms with Crippen molar-refractivity contribution in [1.82, 2.24) is 9.55 Å². The molecule has 7 nitrogen and oxygen atoms in total. The fourth-order valence-electron chi connectivity index (χ4n) is 5.82. The van der Waals surface area contributed by atoms with Gasteiger partial charge >= 0.3 is 5.97 Å². The number of carbonyl (C=O) groups is 1. The number of aromatic amines is 1. The van der Waals surface area contributed by atoms with Gasteiger partial charge in [0.25, 0.3) is 5.56 Å². The van der Waals surface area contributed by atoms with E-state index < -0.39 is 12.0 Å². The maximum absolute atomic E-state index is 14.5. The fourth-order valence-corrected chi connectivity index (χ4v) is 6.80. The zero-order valence-corrected chi connectivity index (χ0v) is 25.5. The summed E-state index contributed by atoms with van der Waals surface area (Å²) in [6.07, 6.45) is 1.94. The van der Waals surface area contributed by atoms with Gasteiger partial charge in [0, 0.05) is 22.0 Å². The minimum Gasteiger partial charge on any atom is -0.497 e. The summed E-state index contributed by atoms with van der Waals surface area (Å²) in [6.45, 7) is 1.96. The Hall–Kier alpha value is -5.47. The summed E-state index contributed by atoms with van der Waals surface area (Å²) in [5.41, 5.74) is 5.89. The first-order valence-electron chi connectivity index (χ1n) is 14.7. The van der Waals surface area contributed by atoms with Crippen molar-refractivity contribution in [1.29, 1.82) is 0 Å². The number of nitrogens with zero attached hydrogens (tertiary/aromatic N) is 2. The van der Waals surface area contributed by atoms with E-state index in [4.69, 9.17) is 14.5 Å². The molecule has 222 valence electrons. The Labute approximate surface area is 263 Å². The van der Waals surface area contributed by atoms with Gasteiger partial charge < -0.3 is 14.5 Å². The molecule has 1 aliphatic rings. The maximum Gasteiger partial charge on any atom is 0.338 e. The topological polar surface area (TPSA) is 85.7 Å². The number of H-pyrrole nitrogens is 1. The van der Waals surface area contributed by atoms with E-state index >= 15 is 0 Å². The molecule has 0 unspecified atom stereocenters. The summed E-state index contributed by atoms with van der Waals surface area (Å²) in [4.78, 5) is 37.2. The van der Waals surface area contributed by atoms with Crippen LogP contribution in [0.5, 0.6) is 5.75 Å². The first-order valence-corrected chi connectivity index (χ1v) is 15.5. The standard InChI is InChI=1S/C37H29N3O4S/c1-3-44-36(42)31-33(24-14-8-5-9-15-24)39-37-40(34(31)25-18-20-26(43-2)21-19-25)35(41)30(45-37)22-28-27-16-10-11-17-29(27)38-32(28)23-12-6-4-7-13-23/h4-22,34,38H,3H2,1-2H3/b30-22+/t34-/m1/s1. The summed E-state index contributed by atoms with van der Waals surface area (Å²) in [5, 5.41) is 1.01. The number of methoxy groups -OCH3 is 1. The van der Waals surface area contributed by atoms with E-state index in [0.29, 0.717) is 26.4 Å². The molecule has 0 bridgehead atoms. The van der Waals surface area contributed by atoms with Gasteiger partial charge in [-0.25, -0.2) is 9.79 Å². The Kier molecular flexibility index (Phi) is 7.49. The van der Waals surface area contributed by atoms with Crippen molar-refractivity contribution in [2.45, 2.75) is 13.0 Å². The molecule has 6 aromatic rings. The van der Waals surface area contributed by atoms with Crippen molar-refractivity contribution in [3.8, 4) is 17.0 Å². The molecule has 3 heterocycles. The fraction of sp³-hybridized carbons (Fsp3) is 0.108. The molecule has 1 atom stereocenters. The zero-order valence-electron chi connectivity index (χ0n) is 24.7. The highest BCUT2D eigenvalue weighted by molar-refractivity contribution is 7.07. The highest BCUT2D eigenvalue weighted by Crippen LogP contribution is 2.36. The molecule has 7 rings (SSSR count). The molecule has 45 heavy (non-hydrogen) atoms. The second-order valence-electron chi connectivity index (χ2n) is 10.5. The van der Waals surface area contributed by atoms with Crippen molar-refractivity contribution < 1.29 is 14.3 Å². The molecule has 0 saturated heterocycles. The normalized spacial score (nSPS) is 14.7. The predicted molar refractivity (Wildman–Crippen MR) is 178 cm³/mol. The molecular formula is C37H29N3O4S. The summed E-state index contributed by atoms with van der Waals surface area (Å²) < 4.78 is 13.1. The van der Waals surface area contributed by atoms with Gasteiger partial charge in [-0.2, -0.15) is 0 Å². The van der Waals surface area contributed by atoms with Crippen LogP contribution in [0.3, 0.4) is 0 Å². The Bertz CT molecular complexity index is 2250. The maximum atomic E-state index is 14.5. The minimum atomic E-state index is -0.764. The molecule has 0 aliphatic carbocycles. The third-order valence-electron chi connectivity index (χ3n) is 7.89. The lowest BCUT2D eigenvalue weighted by molar-refractivity contribution is -0.138. The van der Waals surface area contributed by atoms with E-state index in [9.17, 15) is 9.59 Å². The highest BCUT2D eigenvalue weighted by atomic mass is 32.1. The zero-order chi connectivity index (χ0) is 30.9. The van der Waals surface area contributed by atoms with Crippen LogP contribution in [0.25, 0.3) is 33.9 Å². The van der Waals surface area contributed by atoms with Crippen LogP contribution >= 0.6 is 11.3 Å². The second-order valence-corrected chi connectivity index (χ2v) is 11.5. The van der Waals surface area contributed by atoms with Gasteiger partial charge in [-0.05, 0) is 42.3 Å². The van der Waals surface area contributed by atoms with E-state index in [0.717, 1.165) is 38.9 Å². The predicted octanol–water partition coefficient (Wildman–Crippen LogP) is 6.09. The number of rotatable bonds is 7. The van der Waals surface area contributed by atoms with Gasteiger partial charge in [-0.1, -0.05) is 102 Å². The van der Waals surface area contributed by atoms with E-state index in [1.807, 2.05) is 115 Å². The average Bonchev–Trinajstić information content (AvgIpc) is 3.61. The summed E-state index contributed by atoms with van der Waals surface area (Å²) >= 11 is 1.31. The van der Waals surface area contributed by atoms with Crippen LogP contribution in [0.2, 0.25) is 0 Å². The van der Waals surface area contributed by atoms with E-state index in [2.05, 4.69) is 4.98 Å². The lowest BCUT2D eigenvalue weighted by Gasteiger charge is -2.26. The Balaban J connectivity index is 1.52. The number of hydrogen-bond donors (Lipinski definition) is 1. The number of benzene rings is 4. The van der Waals surface area contributed by atoms with Gasteiger partial charge in [0.15, 0.2) is 4.80 Å². The van der Waals surface area contributed by atoms with E-state index in [-0.39, 0.29) is 12.2 Å². The van der Waals surface area contributed by atoms with Crippen LogP contribution < -0.4 is 19.6 Å². The molecule has 0 radical (unpaired) electrons. The van der Waals surface area contributed by atoms with Crippen LogP contribution in [0, 0.1) is 0 Å². The quantitative estimate of drug-likeness (QED) is 0.221. The number of esters is 1. The highest BCUT2D eigenvalue weighted by Gasteiger charge is 2.35. The average molecular weight is 612 g/mol. The lowest BCUT2D eigenvalue weighted by atomic mass is 9.93. The number of para-hydroxylation sites is 1. The number of carbonyl (C=O) groups excluding carboxylic acids is 1. The summed E-state index contributed by atoms with van der Waals surface area (Å²) in [5.74, 6) is 0.155. The van der Waals surface area contributed by atoms with Gasteiger partial charge in [-0.3, -0.25) is 9.36 Å². The number of thiazole rings is 1. The monoisotopic (exact) mass is 611 g/mol. The smallest absolute Gasteiger partial charge is 0.338 e. The van der Waals surface area contributed by atoms with E-state index in [1.54, 1.807) is 18.6 Å². The molecule has 2 aromatic heterocycles. The van der Waals surface area contributed by atoms with Crippen molar-refractivity contribution in [2.75, 3.05) is 13.7 Å². The van der Waals surface area contributed by atoms with Crippen LogP contribution in [0.1, 0.15) is 29.7 Å². The molecule has 0 fully saturated rings. The molecule has 1 aliphatic heterocycles. The van der Waals surface area contributed by atoms with Crippen LogP contribution in [0.4, 0.5) is 0 Å². The largest absolute Gasteiger partial charge is 0.497 e. The second kappa shape index (κ2) is 11.9. The van der Waals surface area contributed by atoms with Crippen molar-refractivity contribution in [3.63, 3.8) is 0 Å². The number of fused-ring (bicyclic) bond motifs is 2. The number of ether oxygens (including phenoxy) is 2. The van der Waals surface area contributed by atoms with Crippen molar-refractivity contribution >= 4 is 40.0 Å².